The SMILES string of the molecule is C=CC(S)C1=CCC(=S(=O)=O)C=C1c1ccccc1. The number of benzene rings is 1. The Kier molecular flexibility index (Phi) is 4.45. The summed E-state index contributed by atoms with van der Waals surface area (Å²) in [4.78, 5) is 0.396. The third kappa shape index (κ3) is 3.08. The van der Waals surface area contributed by atoms with E-state index in [2.05, 4.69) is 19.2 Å². The minimum atomic E-state index is -2.18. The van der Waals surface area contributed by atoms with Crippen LogP contribution in [0.5, 0.6) is 0 Å². The highest BCUT2D eigenvalue weighted by molar-refractivity contribution is 7.81. The summed E-state index contributed by atoms with van der Waals surface area (Å²) >= 11 is 4.47. The van der Waals surface area contributed by atoms with Gasteiger partial charge in [0, 0.05) is 11.7 Å². The molecule has 1 aromatic carbocycles. The predicted molar refractivity (Wildman–Crippen MR) is 84.0 cm³/mol. The molecule has 0 fully saturated rings. The van der Waals surface area contributed by atoms with E-state index in [4.69, 9.17) is 0 Å². The molecule has 2 rings (SSSR count). The lowest BCUT2D eigenvalue weighted by atomic mass is 9.89. The van der Waals surface area contributed by atoms with Gasteiger partial charge in [0.15, 0.2) is 0 Å². The lowest BCUT2D eigenvalue weighted by Crippen LogP contribution is -2.10. The molecule has 0 bridgehead atoms. The number of rotatable bonds is 3. The molecule has 0 aromatic heterocycles. The lowest BCUT2D eigenvalue weighted by molar-refractivity contribution is 0.627. The Bertz CT molecular complexity index is 672. The van der Waals surface area contributed by atoms with Crippen molar-refractivity contribution in [2.75, 3.05) is 0 Å². The third-order valence-corrected chi connectivity index (χ3v) is 4.18. The second-order valence-corrected chi connectivity index (χ2v) is 5.72. The van der Waals surface area contributed by atoms with E-state index in [-0.39, 0.29) is 5.25 Å². The van der Waals surface area contributed by atoms with Gasteiger partial charge >= 0.3 is 0 Å². The molecule has 2 nitrogen and oxygen atoms in total. The van der Waals surface area contributed by atoms with Crippen LogP contribution in [-0.2, 0) is 10.3 Å². The summed E-state index contributed by atoms with van der Waals surface area (Å²) in [5.74, 6) is 0. The first-order valence-corrected chi connectivity index (χ1v) is 7.46. The van der Waals surface area contributed by atoms with Crippen molar-refractivity contribution in [3.05, 3.63) is 66.3 Å². The Morgan fingerprint density at radius 1 is 1.26 bits per heavy atom. The van der Waals surface area contributed by atoms with Crippen LogP contribution in [0.2, 0.25) is 0 Å². The predicted octanol–water partition coefficient (Wildman–Crippen LogP) is 2.94. The highest BCUT2D eigenvalue weighted by Gasteiger charge is 2.18. The maximum Gasteiger partial charge on any atom is 0.217 e. The van der Waals surface area contributed by atoms with E-state index in [1.807, 2.05) is 36.4 Å². The topological polar surface area (TPSA) is 34.1 Å². The summed E-state index contributed by atoms with van der Waals surface area (Å²) in [7, 11) is -2.18. The fraction of sp³-hybridized carbons (Fsp3) is 0.133. The molecule has 1 aliphatic rings. The molecule has 1 aromatic rings. The first-order chi connectivity index (χ1) is 9.13. The first kappa shape index (κ1) is 13.9. The standard InChI is InChI=1S/C15H14O2S2/c1-2-15(18)13-9-8-12(19(16)17)10-14(13)11-6-4-3-5-7-11/h2-7,9-10,15,18H,1,8H2. The molecule has 0 spiro atoms. The van der Waals surface area contributed by atoms with Gasteiger partial charge in [0.05, 0.1) is 4.86 Å². The lowest BCUT2D eigenvalue weighted by Gasteiger charge is -2.19. The molecule has 98 valence electrons. The Morgan fingerprint density at radius 3 is 2.53 bits per heavy atom. The second kappa shape index (κ2) is 6.08. The molecule has 1 unspecified atom stereocenters. The van der Waals surface area contributed by atoms with Gasteiger partial charge < -0.3 is 0 Å². The van der Waals surface area contributed by atoms with Gasteiger partial charge in [-0.3, -0.25) is 0 Å². The van der Waals surface area contributed by atoms with Crippen molar-refractivity contribution >= 4 is 33.4 Å². The highest BCUT2D eigenvalue weighted by Crippen LogP contribution is 2.31. The molecule has 0 saturated carbocycles. The minimum absolute atomic E-state index is 0.104. The van der Waals surface area contributed by atoms with Gasteiger partial charge in [-0.15, -0.1) is 6.58 Å². The van der Waals surface area contributed by atoms with Crippen molar-refractivity contribution in [2.45, 2.75) is 11.7 Å². The summed E-state index contributed by atoms with van der Waals surface area (Å²) in [6, 6.07) is 9.70. The van der Waals surface area contributed by atoms with E-state index in [1.54, 1.807) is 12.2 Å². The molecule has 0 saturated heterocycles. The molecule has 0 N–H and O–H groups in total. The molecule has 0 heterocycles. The fourth-order valence-corrected chi connectivity index (χ4v) is 2.69. The van der Waals surface area contributed by atoms with Gasteiger partial charge in [0.1, 0.15) is 0 Å². The largest absolute Gasteiger partial charge is 0.217 e. The normalized spacial score (nSPS) is 16.4. The van der Waals surface area contributed by atoms with E-state index >= 15 is 0 Å². The van der Waals surface area contributed by atoms with Crippen molar-refractivity contribution in [1.82, 2.24) is 0 Å². The van der Waals surface area contributed by atoms with E-state index in [0.717, 1.165) is 16.7 Å². The van der Waals surface area contributed by atoms with E-state index in [1.165, 1.54) is 0 Å². The number of hydrogen-bond donors (Lipinski definition) is 1. The van der Waals surface area contributed by atoms with Crippen molar-refractivity contribution in [1.29, 1.82) is 0 Å². The van der Waals surface area contributed by atoms with Crippen LogP contribution >= 0.6 is 12.6 Å². The monoisotopic (exact) mass is 290 g/mol. The smallest absolute Gasteiger partial charge is 0.184 e. The zero-order valence-corrected chi connectivity index (χ0v) is 12.0. The van der Waals surface area contributed by atoms with Crippen molar-refractivity contribution in [3.8, 4) is 0 Å². The zero-order chi connectivity index (χ0) is 13.8. The second-order valence-electron chi connectivity index (χ2n) is 4.17. The minimum Gasteiger partial charge on any atom is -0.184 e. The number of hydrogen-bond acceptors (Lipinski definition) is 3. The molecule has 4 heteroatoms. The Labute approximate surface area is 120 Å². The third-order valence-electron chi connectivity index (χ3n) is 2.98. The van der Waals surface area contributed by atoms with E-state index in [9.17, 15) is 8.42 Å². The summed E-state index contributed by atoms with van der Waals surface area (Å²) in [6.07, 6.45) is 5.78. The molecule has 0 amide bonds. The van der Waals surface area contributed by atoms with Crippen LogP contribution < -0.4 is 0 Å². The van der Waals surface area contributed by atoms with Crippen LogP contribution in [-0.4, -0.2) is 18.5 Å². The molecule has 0 aliphatic heterocycles. The fourth-order valence-electron chi connectivity index (χ4n) is 2.01. The van der Waals surface area contributed by atoms with Crippen LogP contribution in [0, 0.1) is 0 Å². The van der Waals surface area contributed by atoms with Gasteiger partial charge in [-0.2, -0.15) is 21.0 Å². The Morgan fingerprint density at radius 2 is 1.95 bits per heavy atom. The van der Waals surface area contributed by atoms with Crippen molar-refractivity contribution in [2.24, 2.45) is 0 Å². The first-order valence-electron chi connectivity index (χ1n) is 5.86. The van der Waals surface area contributed by atoms with Gasteiger partial charge in [-0.25, -0.2) is 0 Å². The summed E-state index contributed by atoms with van der Waals surface area (Å²) < 4.78 is 22.3. The highest BCUT2D eigenvalue weighted by atomic mass is 32.2. The molecular formula is C15H14O2S2. The van der Waals surface area contributed by atoms with Gasteiger partial charge in [-0.05, 0) is 22.8 Å². The molecule has 1 atom stereocenters. The zero-order valence-electron chi connectivity index (χ0n) is 10.3. The summed E-state index contributed by atoms with van der Waals surface area (Å²) in [5, 5.41) is -0.104. The average molecular weight is 290 g/mol. The van der Waals surface area contributed by atoms with Crippen LogP contribution in [0.4, 0.5) is 0 Å². The maximum atomic E-state index is 11.1. The van der Waals surface area contributed by atoms with Crippen molar-refractivity contribution < 1.29 is 8.42 Å². The van der Waals surface area contributed by atoms with E-state index < -0.39 is 10.3 Å². The summed E-state index contributed by atoms with van der Waals surface area (Å²) in [5.41, 5.74) is 2.88. The van der Waals surface area contributed by atoms with Crippen LogP contribution in [0.3, 0.4) is 0 Å². The molecular weight excluding hydrogens is 276 g/mol. The van der Waals surface area contributed by atoms with Crippen molar-refractivity contribution in [3.63, 3.8) is 0 Å². The average Bonchev–Trinajstić information content (AvgIpc) is 2.46. The number of allylic oxidation sites excluding steroid dienone is 3. The quantitative estimate of drug-likeness (QED) is 0.527. The Hall–Kier alpha value is -1.52. The van der Waals surface area contributed by atoms with Gasteiger partial charge in [-0.1, -0.05) is 42.5 Å². The van der Waals surface area contributed by atoms with E-state index in [0.29, 0.717) is 11.3 Å². The molecule has 19 heavy (non-hydrogen) atoms. The maximum absolute atomic E-state index is 11.1. The molecule has 1 aliphatic carbocycles. The summed E-state index contributed by atoms with van der Waals surface area (Å²) in [6.45, 7) is 3.75. The van der Waals surface area contributed by atoms with Crippen LogP contribution in [0.25, 0.3) is 5.57 Å². The van der Waals surface area contributed by atoms with Crippen LogP contribution in [0.15, 0.2) is 60.7 Å². The van der Waals surface area contributed by atoms with Gasteiger partial charge in [0.25, 0.3) is 0 Å². The number of thiol groups is 1. The van der Waals surface area contributed by atoms with Gasteiger partial charge in [0.2, 0.25) is 10.3 Å². The van der Waals surface area contributed by atoms with Crippen LogP contribution in [0.1, 0.15) is 12.0 Å². The Balaban J connectivity index is 2.57. The molecule has 0 radical (unpaired) electrons.